The Morgan fingerprint density at radius 3 is 2.67 bits per heavy atom. The van der Waals surface area contributed by atoms with Gasteiger partial charge in [-0.3, -0.25) is 0 Å². The highest BCUT2D eigenvalue weighted by Crippen LogP contribution is 2.25. The molecule has 0 saturated heterocycles. The van der Waals surface area contributed by atoms with Gasteiger partial charge in [0.25, 0.3) is 0 Å². The molecule has 4 nitrogen and oxygen atoms in total. The van der Waals surface area contributed by atoms with Gasteiger partial charge in [0.05, 0.1) is 19.3 Å². The molecule has 0 aliphatic carbocycles. The van der Waals surface area contributed by atoms with Gasteiger partial charge < -0.3 is 20.1 Å². The fraction of sp³-hybridized carbons (Fsp3) is 0.500. The third-order valence-corrected chi connectivity index (χ3v) is 3.59. The van der Waals surface area contributed by atoms with Crippen LogP contribution in [0, 0.1) is 0 Å². The van der Waals surface area contributed by atoms with E-state index in [2.05, 4.69) is 26.1 Å². The van der Waals surface area contributed by atoms with E-state index >= 15 is 0 Å². The predicted molar refractivity (Wildman–Crippen MR) is 86.6 cm³/mol. The molecule has 1 unspecified atom stereocenters. The van der Waals surface area contributed by atoms with Gasteiger partial charge in [-0.2, -0.15) is 0 Å². The van der Waals surface area contributed by atoms with E-state index in [1.165, 1.54) is 0 Å². The second-order valence-corrected chi connectivity index (χ2v) is 6.84. The number of hydrogen-bond acceptors (Lipinski definition) is 3. The number of aliphatic hydroxyl groups is 2. The molecule has 3 N–H and O–H groups in total. The van der Waals surface area contributed by atoms with Crippen molar-refractivity contribution in [3.05, 3.63) is 35.0 Å². The van der Waals surface area contributed by atoms with Crippen LogP contribution >= 0.6 is 11.6 Å². The summed E-state index contributed by atoms with van der Waals surface area (Å²) in [6, 6.07) is 5.76. The third kappa shape index (κ3) is 4.20. The maximum Gasteiger partial charge on any atom is 0.0949 e. The molecule has 0 amide bonds. The van der Waals surface area contributed by atoms with Crippen LogP contribution in [0.5, 0.6) is 0 Å². The lowest BCUT2D eigenvalue weighted by Crippen LogP contribution is -2.35. The van der Waals surface area contributed by atoms with Gasteiger partial charge in [0.2, 0.25) is 0 Å². The molecule has 2 rings (SSSR count). The van der Waals surface area contributed by atoms with Crippen LogP contribution in [0.1, 0.15) is 26.3 Å². The molecule has 1 aromatic heterocycles. The number of hydrogen-bond donors (Lipinski definition) is 3. The Morgan fingerprint density at radius 2 is 2.05 bits per heavy atom. The van der Waals surface area contributed by atoms with Crippen molar-refractivity contribution in [2.45, 2.75) is 45.5 Å². The summed E-state index contributed by atoms with van der Waals surface area (Å²) in [6.45, 7) is 7.21. The van der Waals surface area contributed by atoms with Crippen LogP contribution in [0.4, 0.5) is 0 Å². The topological polar surface area (TPSA) is 57.4 Å². The summed E-state index contributed by atoms with van der Waals surface area (Å²) in [6.07, 6.45) is 1.24. The van der Waals surface area contributed by atoms with E-state index in [1.54, 1.807) is 0 Å². The fourth-order valence-corrected chi connectivity index (χ4v) is 2.44. The largest absolute Gasteiger partial charge is 0.394 e. The van der Waals surface area contributed by atoms with Crippen LogP contribution in [0.2, 0.25) is 5.02 Å². The van der Waals surface area contributed by atoms with E-state index in [1.807, 2.05) is 29.0 Å². The van der Waals surface area contributed by atoms with Gasteiger partial charge in [0, 0.05) is 34.2 Å². The van der Waals surface area contributed by atoms with E-state index in [0.717, 1.165) is 23.0 Å². The van der Waals surface area contributed by atoms with Crippen LogP contribution in [-0.2, 0) is 13.1 Å². The van der Waals surface area contributed by atoms with Gasteiger partial charge in [-0.25, -0.2) is 0 Å². The van der Waals surface area contributed by atoms with Crippen molar-refractivity contribution < 1.29 is 10.2 Å². The number of benzene rings is 1. The van der Waals surface area contributed by atoms with Crippen LogP contribution in [0.3, 0.4) is 0 Å². The molecule has 1 heterocycles. The van der Waals surface area contributed by atoms with Crippen LogP contribution < -0.4 is 5.32 Å². The van der Waals surface area contributed by atoms with E-state index in [0.29, 0.717) is 11.6 Å². The van der Waals surface area contributed by atoms with Crippen molar-refractivity contribution in [2.75, 3.05) is 6.61 Å². The molecule has 116 valence electrons. The Hall–Kier alpha value is -1.07. The van der Waals surface area contributed by atoms with E-state index in [9.17, 15) is 5.11 Å². The van der Waals surface area contributed by atoms with Crippen LogP contribution in [0.25, 0.3) is 10.9 Å². The standard InChI is InChI=1S/C16H23ClN2O2/c1-16(2,3)18-7-11-8-19(9-13(21)10-20)15-6-12(17)4-5-14(11)15/h4-6,8,13,18,20-21H,7,9-10H2,1-3H3. The molecular weight excluding hydrogens is 288 g/mol. The molecule has 1 atom stereocenters. The molecule has 0 fully saturated rings. The van der Waals surface area contributed by atoms with Gasteiger partial charge in [-0.1, -0.05) is 17.7 Å². The summed E-state index contributed by atoms with van der Waals surface area (Å²) < 4.78 is 1.95. The summed E-state index contributed by atoms with van der Waals surface area (Å²) >= 11 is 6.08. The molecule has 1 aromatic carbocycles. The number of aromatic nitrogens is 1. The maximum atomic E-state index is 9.69. The predicted octanol–water partition coefficient (Wildman–Crippen LogP) is 2.54. The Bertz CT molecular complexity index is 616. The van der Waals surface area contributed by atoms with Gasteiger partial charge in [-0.05, 0) is 38.5 Å². The summed E-state index contributed by atoms with van der Waals surface area (Å²) in [5.41, 5.74) is 2.16. The quantitative estimate of drug-likeness (QED) is 0.795. The zero-order valence-corrected chi connectivity index (χ0v) is 13.5. The van der Waals surface area contributed by atoms with Gasteiger partial charge >= 0.3 is 0 Å². The number of nitrogens with one attached hydrogen (secondary N) is 1. The first-order valence-electron chi connectivity index (χ1n) is 7.11. The fourth-order valence-electron chi connectivity index (χ4n) is 2.28. The highest BCUT2D eigenvalue weighted by atomic mass is 35.5. The maximum absolute atomic E-state index is 9.69. The smallest absolute Gasteiger partial charge is 0.0949 e. The number of aliphatic hydroxyl groups excluding tert-OH is 2. The Labute approximate surface area is 130 Å². The first-order chi connectivity index (χ1) is 9.80. The van der Waals surface area contributed by atoms with Gasteiger partial charge in [0.1, 0.15) is 0 Å². The molecule has 0 aliphatic rings. The summed E-state index contributed by atoms with van der Waals surface area (Å²) in [5, 5.41) is 24.0. The third-order valence-electron chi connectivity index (χ3n) is 3.35. The number of rotatable bonds is 5. The molecule has 0 aliphatic heterocycles. The second kappa shape index (κ2) is 6.36. The first kappa shape index (κ1) is 16.3. The highest BCUT2D eigenvalue weighted by molar-refractivity contribution is 6.31. The van der Waals surface area contributed by atoms with Crippen molar-refractivity contribution in [3.8, 4) is 0 Å². The molecule has 5 heteroatoms. The number of halogens is 1. The Balaban J connectivity index is 2.37. The summed E-state index contributed by atoms with van der Waals surface area (Å²) in [7, 11) is 0. The lowest BCUT2D eigenvalue weighted by Gasteiger charge is -2.20. The Kier molecular flexibility index (Phi) is 4.94. The first-order valence-corrected chi connectivity index (χ1v) is 7.49. The summed E-state index contributed by atoms with van der Waals surface area (Å²) in [5.74, 6) is 0. The number of nitrogens with zero attached hydrogens (tertiary/aromatic N) is 1. The lowest BCUT2D eigenvalue weighted by atomic mass is 10.1. The molecule has 0 radical (unpaired) electrons. The van der Waals surface area contributed by atoms with Gasteiger partial charge in [-0.15, -0.1) is 0 Å². The van der Waals surface area contributed by atoms with Crippen molar-refractivity contribution in [1.82, 2.24) is 9.88 Å². The molecule has 0 saturated carbocycles. The zero-order chi connectivity index (χ0) is 15.6. The monoisotopic (exact) mass is 310 g/mol. The van der Waals surface area contributed by atoms with E-state index < -0.39 is 6.10 Å². The van der Waals surface area contributed by atoms with Gasteiger partial charge in [0.15, 0.2) is 0 Å². The molecule has 2 aromatic rings. The van der Waals surface area contributed by atoms with Crippen molar-refractivity contribution in [1.29, 1.82) is 0 Å². The highest BCUT2D eigenvalue weighted by Gasteiger charge is 2.14. The van der Waals surface area contributed by atoms with Crippen molar-refractivity contribution >= 4 is 22.5 Å². The minimum Gasteiger partial charge on any atom is -0.394 e. The van der Waals surface area contributed by atoms with Crippen molar-refractivity contribution in [2.24, 2.45) is 0 Å². The average Bonchev–Trinajstić information content (AvgIpc) is 2.73. The van der Waals surface area contributed by atoms with E-state index in [4.69, 9.17) is 16.7 Å². The minimum absolute atomic E-state index is 0.0332. The second-order valence-electron chi connectivity index (χ2n) is 6.41. The van der Waals surface area contributed by atoms with E-state index in [-0.39, 0.29) is 12.1 Å². The lowest BCUT2D eigenvalue weighted by molar-refractivity contribution is 0.0822. The summed E-state index contributed by atoms with van der Waals surface area (Å²) in [4.78, 5) is 0. The molecular formula is C16H23ClN2O2. The van der Waals surface area contributed by atoms with Crippen LogP contribution in [0.15, 0.2) is 24.4 Å². The molecule has 0 bridgehead atoms. The van der Waals surface area contributed by atoms with Crippen molar-refractivity contribution in [3.63, 3.8) is 0 Å². The molecule has 21 heavy (non-hydrogen) atoms. The zero-order valence-electron chi connectivity index (χ0n) is 12.7. The SMILES string of the molecule is CC(C)(C)NCc1cn(CC(O)CO)c2cc(Cl)ccc12. The van der Waals surface area contributed by atoms with Crippen LogP contribution in [-0.4, -0.2) is 33.0 Å². The normalized spacial score (nSPS) is 13.8. The Morgan fingerprint density at radius 1 is 1.33 bits per heavy atom. The molecule has 0 spiro atoms. The average molecular weight is 311 g/mol. The minimum atomic E-state index is -0.775. The number of fused-ring (bicyclic) bond motifs is 1.